The molecule has 0 spiro atoms. The van der Waals surface area contributed by atoms with E-state index in [1.165, 1.54) is 0 Å². The molecule has 0 aliphatic heterocycles. The summed E-state index contributed by atoms with van der Waals surface area (Å²) in [5.41, 5.74) is 5.15. The Bertz CT molecular complexity index is 1140. The summed E-state index contributed by atoms with van der Waals surface area (Å²) in [5, 5.41) is 5.22. The summed E-state index contributed by atoms with van der Waals surface area (Å²) in [5.74, 6) is 6.31. The second kappa shape index (κ2) is 9.76. The van der Waals surface area contributed by atoms with E-state index in [9.17, 15) is 0 Å². The molecule has 2 N–H and O–H groups in total. The van der Waals surface area contributed by atoms with Crippen LogP contribution in [0.5, 0.6) is 5.88 Å². The van der Waals surface area contributed by atoms with Gasteiger partial charge in [0.15, 0.2) is 0 Å². The molecule has 7 nitrogen and oxygen atoms in total. The first-order valence-corrected chi connectivity index (χ1v) is 10.3. The van der Waals surface area contributed by atoms with Crippen LogP contribution in [0.25, 0.3) is 17.0 Å². The molecule has 2 heterocycles. The van der Waals surface area contributed by atoms with Crippen molar-refractivity contribution in [2.45, 2.75) is 33.7 Å². The van der Waals surface area contributed by atoms with E-state index in [1.807, 2.05) is 61.9 Å². The maximum atomic E-state index is 6.39. The highest BCUT2D eigenvalue weighted by Gasteiger charge is 2.18. The van der Waals surface area contributed by atoms with Gasteiger partial charge in [-0.3, -0.25) is 4.68 Å². The molecule has 3 rings (SSSR count). The van der Waals surface area contributed by atoms with Crippen LogP contribution in [0.1, 0.15) is 36.4 Å². The van der Waals surface area contributed by atoms with Crippen LogP contribution in [0.4, 0.5) is 0 Å². The van der Waals surface area contributed by atoms with Gasteiger partial charge in [0.2, 0.25) is 5.88 Å². The van der Waals surface area contributed by atoms with Crippen LogP contribution >= 0.6 is 11.6 Å². The van der Waals surface area contributed by atoms with Gasteiger partial charge in [0, 0.05) is 28.3 Å². The summed E-state index contributed by atoms with van der Waals surface area (Å²) in [7, 11) is 1.61. The fraction of sp³-hybridized carbons (Fsp3) is 0.261. The number of benzene rings is 1. The molecule has 0 aliphatic carbocycles. The van der Waals surface area contributed by atoms with Gasteiger partial charge in [0.05, 0.1) is 24.2 Å². The minimum atomic E-state index is 0.152. The van der Waals surface area contributed by atoms with E-state index < -0.39 is 0 Å². The van der Waals surface area contributed by atoms with Crippen LogP contribution in [0.2, 0.25) is 5.02 Å². The van der Waals surface area contributed by atoms with E-state index in [4.69, 9.17) is 27.1 Å². The topological polar surface area (TPSA) is 87.6 Å². The maximum Gasteiger partial charge on any atom is 0.265 e. The van der Waals surface area contributed by atoms with Crippen LogP contribution in [0, 0.1) is 6.92 Å². The molecule has 0 atom stereocenters. The van der Waals surface area contributed by atoms with Crippen molar-refractivity contribution in [1.82, 2.24) is 14.8 Å². The van der Waals surface area contributed by atoms with E-state index in [1.54, 1.807) is 7.11 Å². The Morgan fingerprint density at radius 3 is 2.61 bits per heavy atom. The van der Waals surface area contributed by atoms with Crippen molar-refractivity contribution in [3.05, 3.63) is 70.5 Å². The maximum absolute atomic E-state index is 6.39. The molecule has 0 radical (unpaired) electrons. The molecule has 0 saturated carbocycles. The summed E-state index contributed by atoms with van der Waals surface area (Å²) < 4.78 is 7.18. The number of aryl methyl sites for hydroxylation is 3. The van der Waals surface area contributed by atoms with Gasteiger partial charge < -0.3 is 9.57 Å². The van der Waals surface area contributed by atoms with Crippen molar-refractivity contribution in [2.24, 2.45) is 10.9 Å². The number of nitrogens with zero attached hydrogens (tertiary/aromatic N) is 4. The molecule has 1 aromatic carbocycles. The number of nitrogens with two attached hydrogens (primary N) is 1. The Morgan fingerprint density at radius 1 is 1.26 bits per heavy atom. The SMILES string of the molecule is C=C(/N=C(\ON)c1cc(-c2ccccc2Cl)n(CC)n1)c1cc(CC)c(OC)nc1C. The Morgan fingerprint density at radius 2 is 2.00 bits per heavy atom. The Kier molecular flexibility index (Phi) is 7.09. The van der Waals surface area contributed by atoms with Gasteiger partial charge in [0.1, 0.15) is 5.69 Å². The van der Waals surface area contributed by atoms with Crippen molar-refractivity contribution in [3.8, 4) is 17.1 Å². The lowest BCUT2D eigenvalue weighted by Gasteiger charge is -2.12. The summed E-state index contributed by atoms with van der Waals surface area (Å²) in [6, 6.07) is 11.4. The van der Waals surface area contributed by atoms with Gasteiger partial charge in [-0.2, -0.15) is 11.0 Å². The highest BCUT2D eigenvalue weighted by Crippen LogP contribution is 2.29. The smallest absolute Gasteiger partial charge is 0.265 e. The zero-order chi connectivity index (χ0) is 22.5. The lowest BCUT2D eigenvalue weighted by molar-refractivity contribution is 0.321. The van der Waals surface area contributed by atoms with Crippen LogP contribution in [-0.2, 0) is 17.8 Å². The van der Waals surface area contributed by atoms with Crippen molar-refractivity contribution in [1.29, 1.82) is 0 Å². The van der Waals surface area contributed by atoms with E-state index >= 15 is 0 Å². The van der Waals surface area contributed by atoms with Crippen molar-refractivity contribution in [3.63, 3.8) is 0 Å². The van der Waals surface area contributed by atoms with Gasteiger partial charge >= 0.3 is 0 Å². The number of rotatable bonds is 7. The highest BCUT2D eigenvalue weighted by atomic mass is 35.5. The number of hydrogen-bond donors (Lipinski definition) is 1. The summed E-state index contributed by atoms with van der Waals surface area (Å²) in [6.45, 7) is 10.6. The van der Waals surface area contributed by atoms with Gasteiger partial charge in [0.25, 0.3) is 5.90 Å². The molecular formula is C23H26ClN5O2. The summed E-state index contributed by atoms with van der Waals surface area (Å²) in [4.78, 5) is 14.1. The monoisotopic (exact) mass is 439 g/mol. The molecule has 0 bridgehead atoms. The van der Waals surface area contributed by atoms with Crippen LogP contribution in [-0.4, -0.2) is 27.8 Å². The minimum absolute atomic E-state index is 0.152. The average molecular weight is 440 g/mol. The van der Waals surface area contributed by atoms with E-state index in [0.29, 0.717) is 28.8 Å². The predicted octanol–water partition coefficient (Wildman–Crippen LogP) is 4.81. The summed E-state index contributed by atoms with van der Waals surface area (Å²) >= 11 is 6.39. The fourth-order valence-electron chi connectivity index (χ4n) is 3.32. The largest absolute Gasteiger partial charge is 0.481 e. The Hall–Kier alpha value is -3.16. The highest BCUT2D eigenvalue weighted by molar-refractivity contribution is 6.33. The number of pyridine rings is 1. The first-order chi connectivity index (χ1) is 14.9. The molecular weight excluding hydrogens is 414 g/mol. The number of aromatic nitrogens is 3. The molecule has 3 aromatic rings. The third-order valence-electron chi connectivity index (χ3n) is 4.93. The van der Waals surface area contributed by atoms with Crippen molar-refractivity contribution >= 4 is 23.2 Å². The second-order valence-corrected chi connectivity index (χ2v) is 7.24. The first kappa shape index (κ1) is 22.5. The van der Waals surface area contributed by atoms with E-state index in [2.05, 4.69) is 21.7 Å². The predicted molar refractivity (Wildman–Crippen MR) is 124 cm³/mol. The van der Waals surface area contributed by atoms with Gasteiger partial charge in [-0.25, -0.2) is 9.98 Å². The molecule has 0 amide bonds. The molecule has 0 saturated heterocycles. The Labute approximate surface area is 187 Å². The van der Waals surface area contributed by atoms with E-state index in [-0.39, 0.29) is 5.90 Å². The number of ether oxygens (including phenoxy) is 1. The molecule has 0 unspecified atom stereocenters. The molecule has 8 heteroatoms. The zero-order valence-electron chi connectivity index (χ0n) is 18.1. The standard InChI is InChI=1S/C23H26ClN5O2/c1-6-16-12-18(14(3)26-22(16)30-5)15(4)27-23(31-25)20-13-21(29(7-2)28-20)17-10-8-9-11-19(17)24/h8-13H,4,6-7,25H2,1-3,5H3/b27-23-. The number of halogens is 1. The first-order valence-electron chi connectivity index (χ1n) is 9.95. The van der Waals surface area contributed by atoms with Gasteiger partial charge in [-0.15, -0.1) is 0 Å². The Balaban J connectivity index is 2.03. The fourth-order valence-corrected chi connectivity index (χ4v) is 3.55. The zero-order valence-corrected chi connectivity index (χ0v) is 18.9. The molecule has 31 heavy (non-hydrogen) atoms. The quantitative estimate of drug-likeness (QED) is 0.324. The number of aliphatic imine (C=N–C) groups is 1. The lowest BCUT2D eigenvalue weighted by Crippen LogP contribution is -2.13. The minimum Gasteiger partial charge on any atom is -0.481 e. The average Bonchev–Trinajstić information content (AvgIpc) is 3.21. The van der Waals surface area contributed by atoms with Crippen molar-refractivity contribution < 1.29 is 9.57 Å². The second-order valence-electron chi connectivity index (χ2n) is 6.84. The van der Waals surface area contributed by atoms with E-state index in [0.717, 1.165) is 34.5 Å². The van der Waals surface area contributed by atoms with Crippen LogP contribution in [0.3, 0.4) is 0 Å². The van der Waals surface area contributed by atoms with Gasteiger partial charge in [-0.1, -0.05) is 43.3 Å². The summed E-state index contributed by atoms with van der Waals surface area (Å²) in [6.07, 6.45) is 0.767. The van der Waals surface area contributed by atoms with Crippen molar-refractivity contribution in [2.75, 3.05) is 7.11 Å². The third-order valence-corrected chi connectivity index (χ3v) is 5.26. The molecule has 162 valence electrons. The molecule has 0 aliphatic rings. The molecule has 2 aromatic heterocycles. The lowest BCUT2D eigenvalue weighted by atomic mass is 10.1. The normalized spacial score (nSPS) is 11.5. The van der Waals surface area contributed by atoms with Gasteiger partial charge in [-0.05, 0) is 38.5 Å². The number of methoxy groups -OCH3 is 1. The third kappa shape index (κ3) is 4.62. The van der Waals surface area contributed by atoms with Crippen LogP contribution < -0.4 is 10.6 Å². The number of hydrogen-bond acceptors (Lipinski definition) is 6. The molecule has 0 fully saturated rings. The van der Waals surface area contributed by atoms with Crippen LogP contribution in [0.15, 0.2) is 48.0 Å².